The highest BCUT2D eigenvalue weighted by Gasteiger charge is 2.20. The highest BCUT2D eigenvalue weighted by Crippen LogP contribution is 2.23. The summed E-state index contributed by atoms with van der Waals surface area (Å²) in [6, 6.07) is 3.58. The molecule has 1 aromatic heterocycles. The number of alkyl carbamates (subject to hydrolysis) is 1. The van der Waals surface area contributed by atoms with E-state index in [-0.39, 0.29) is 13.0 Å². The van der Waals surface area contributed by atoms with E-state index in [2.05, 4.69) is 5.32 Å². The zero-order valence-electron chi connectivity index (χ0n) is 11.4. The van der Waals surface area contributed by atoms with Crippen molar-refractivity contribution in [2.24, 2.45) is 0 Å². The fourth-order valence-electron chi connectivity index (χ4n) is 1.44. The smallest absolute Gasteiger partial charge is 0.407 e. The summed E-state index contributed by atoms with van der Waals surface area (Å²) >= 11 is 1.38. The normalized spacial score (nSPS) is 14.8. The third-order valence-corrected chi connectivity index (χ3v) is 3.25. The molecule has 108 valence electrons. The van der Waals surface area contributed by atoms with Crippen LogP contribution in [0.5, 0.6) is 0 Å². The van der Waals surface area contributed by atoms with Crippen LogP contribution in [-0.2, 0) is 4.74 Å². The first-order chi connectivity index (χ1) is 8.79. The molecule has 1 aromatic rings. The fourth-order valence-corrected chi connectivity index (χ4v) is 2.21. The molecule has 0 saturated carbocycles. The first kappa shape index (κ1) is 15.9. The van der Waals surface area contributed by atoms with E-state index in [9.17, 15) is 15.0 Å². The number of carbonyl (C=O) groups excluding carboxylic acids is 1. The number of hydrogen-bond acceptors (Lipinski definition) is 5. The van der Waals surface area contributed by atoms with Crippen molar-refractivity contribution < 1.29 is 19.7 Å². The number of carbonyl (C=O) groups is 1. The van der Waals surface area contributed by atoms with Crippen LogP contribution in [0.1, 0.15) is 38.2 Å². The maximum absolute atomic E-state index is 11.4. The molecule has 0 aliphatic carbocycles. The van der Waals surface area contributed by atoms with Crippen LogP contribution in [-0.4, -0.2) is 34.6 Å². The van der Waals surface area contributed by atoms with Gasteiger partial charge in [-0.3, -0.25) is 0 Å². The van der Waals surface area contributed by atoms with Crippen molar-refractivity contribution in [2.45, 2.75) is 45.0 Å². The van der Waals surface area contributed by atoms with Gasteiger partial charge < -0.3 is 20.3 Å². The van der Waals surface area contributed by atoms with Crippen molar-refractivity contribution in [3.63, 3.8) is 0 Å². The van der Waals surface area contributed by atoms with E-state index in [4.69, 9.17) is 4.74 Å². The third-order valence-electron chi connectivity index (χ3n) is 2.31. The average molecular weight is 287 g/mol. The van der Waals surface area contributed by atoms with E-state index in [0.29, 0.717) is 4.88 Å². The van der Waals surface area contributed by atoms with Crippen LogP contribution in [0.25, 0.3) is 0 Å². The summed E-state index contributed by atoms with van der Waals surface area (Å²) < 4.78 is 5.06. The van der Waals surface area contributed by atoms with Crippen LogP contribution in [0.2, 0.25) is 0 Å². The van der Waals surface area contributed by atoms with E-state index in [1.165, 1.54) is 11.3 Å². The molecule has 3 N–H and O–H groups in total. The largest absolute Gasteiger partial charge is 0.444 e. The number of nitrogens with one attached hydrogen (secondary N) is 1. The Morgan fingerprint density at radius 1 is 1.47 bits per heavy atom. The molecule has 0 aliphatic heterocycles. The van der Waals surface area contributed by atoms with Gasteiger partial charge in [-0.05, 0) is 38.6 Å². The molecular weight excluding hydrogens is 266 g/mol. The third kappa shape index (κ3) is 6.04. The Morgan fingerprint density at radius 2 is 2.16 bits per heavy atom. The molecule has 0 spiro atoms. The first-order valence-electron chi connectivity index (χ1n) is 6.16. The van der Waals surface area contributed by atoms with Crippen LogP contribution in [0.15, 0.2) is 17.5 Å². The second-order valence-corrected chi connectivity index (χ2v) is 6.22. The van der Waals surface area contributed by atoms with Gasteiger partial charge >= 0.3 is 6.09 Å². The van der Waals surface area contributed by atoms with Gasteiger partial charge in [0, 0.05) is 11.4 Å². The summed E-state index contributed by atoms with van der Waals surface area (Å²) in [5.41, 5.74) is -0.542. The van der Waals surface area contributed by atoms with Gasteiger partial charge in [0.1, 0.15) is 11.7 Å². The number of thiophene rings is 1. The van der Waals surface area contributed by atoms with E-state index in [1.807, 2.05) is 11.4 Å². The van der Waals surface area contributed by atoms with Gasteiger partial charge in [-0.1, -0.05) is 6.07 Å². The number of hydrogen-bond donors (Lipinski definition) is 3. The summed E-state index contributed by atoms with van der Waals surface area (Å²) in [5.74, 6) is 0. The lowest BCUT2D eigenvalue weighted by molar-refractivity contribution is 0.0143. The molecular formula is C13H21NO4S. The lowest BCUT2D eigenvalue weighted by Gasteiger charge is -2.20. The van der Waals surface area contributed by atoms with E-state index >= 15 is 0 Å². The molecule has 2 atom stereocenters. The molecule has 1 amide bonds. The SMILES string of the molecule is CC(C)(C)OC(=O)NCCC(O)C(O)c1cccs1. The Balaban J connectivity index is 2.27. The Morgan fingerprint density at radius 3 is 2.68 bits per heavy atom. The average Bonchev–Trinajstić information content (AvgIpc) is 2.78. The summed E-state index contributed by atoms with van der Waals surface area (Å²) in [6.07, 6.45) is -2.09. The van der Waals surface area contributed by atoms with Crippen molar-refractivity contribution in [2.75, 3.05) is 6.54 Å². The predicted molar refractivity (Wildman–Crippen MR) is 74.1 cm³/mol. The molecule has 1 rings (SSSR count). The fraction of sp³-hybridized carbons (Fsp3) is 0.615. The van der Waals surface area contributed by atoms with Crippen LogP contribution in [0.3, 0.4) is 0 Å². The Labute approximate surface area is 117 Å². The molecule has 0 aliphatic rings. The van der Waals surface area contributed by atoms with Gasteiger partial charge in [-0.15, -0.1) is 11.3 Å². The van der Waals surface area contributed by atoms with Crippen molar-refractivity contribution in [3.05, 3.63) is 22.4 Å². The standard InChI is InChI=1S/C13H21NO4S/c1-13(2,3)18-12(17)14-7-6-9(15)11(16)10-5-4-8-19-10/h4-5,8-9,11,15-16H,6-7H2,1-3H3,(H,14,17). The number of rotatable bonds is 5. The van der Waals surface area contributed by atoms with Crippen LogP contribution in [0, 0.1) is 0 Å². The lowest BCUT2D eigenvalue weighted by Crippen LogP contribution is -2.34. The highest BCUT2D eigenvalue weighted by molar-refractivity contribution is 7.10. The molecule has 6 heteroatoms. The van der Waals surface area contributed by atoms with Gasteiger partial charge in [0.05, 0.1) is 6.10 Å². The molecule has 0 fully saturated rings. The molecule has 0 bridgehead atoms. The quantitative estimate of drug-likeness (QED) is 0.774. The molecule has 0 aromatic carbocycles. The van der Waals surface area contributed by atoms with Gasteiger partial charge in [-0.2, -0.15) is 0 Å². The molecule has 2 unspecified atom stereocenters. The van der Waals surface area contributed by atoms with Crippen molar-refractivity contribution in [1.29, 1.82) is 0 Å². The van der Waals surface area contributed by atoms with Gasteiger partial charge in [0.15, 0.2) is 0 Å². The Hall–Kier alpha value is -1.11. The Kier molecular flexibility index (Phi) is 5.78. The zero-order chi connectivity index (χ0) is 14.5. The highest BCUT2D eigenvalue weighted by atomic mass is 32.1. The Bertz CT molecular complexity index is 386. The molecule has 0 radical (unpaired) electrons. The number of aliphatic hydroxyl groups is 2. The summed E-state index contributed by atoms with van der Waals surface area (Å²) in [6.45, 7) is 5.59. The summed E-state index contributed by atoms with van der Waals surface area (Å²) in [4.78, 5) is 12.1. The van der Waals surface area contributed by atoms with Crippen LogP contribution >= 0.6 is 11.3 Å². The maximum Gasteiger partial charge on any atom is 0.407 e. The van der Waals surface area contributed by atoms with Crippen LogP contribution in [0.4, 0.5) is 4.79 Å². The minimum Gasteiger partial charge on any atom is -0.444 e. The molecule has 1 heterocycles. The second-order valence-electron chi connectivity index (χ2n) is 5.24. The van der Waals surface area contributed by atoms with Crippen molar-refractivity contribution >= 4 is 17.4 Å². The minimum atomic E-state index is -0.916. The maximum atomic E-state index is 11.4. The van der Waals surface area contributed by atoms with Gasteiger partial charge in [-0.25, -0.2) is 4.79 Å². The van der Waals surface area contributed by atoms with Gasteiger partial charge in [0.25, 0.3) is 0 Å². The van der Waals surface area contributed by atoms with Gasteiger partial charge in [0.2, 0.25) is 0 Å². The number of ether oxygens (including phenoxy) is 1. The monoisotopic (exact) mass is 287 g/mol. The zero-order valence-corrected chi connectivity index (χ0v) is 12.2. The number of amides is 1. The number of aliphatic hydroxyl groups excluding tert-OH is 2. The molecule has 19 heavy (non-hydrogen) atoms. The van der Waals surface area contributed by atoms with E-state index < -0.39 is 23.9 Å². The van der Waals surface area contributed by atoms with E-state index in [0.717, 1.165) is 0 Å². The minimum absolute atomic E-state index is 0.249. The summed E-state index contributed by atoms with van der Waals surface area (Å²) in [5, 5.41) is 24.0. The molecule has 5 nitrogen and oxygen atoms in total. The second kappa shape index (κ2) is 6.88. The van der Waals surface area contributed by atoms with Crippen molar-refractivity contribution in [3.8, 4) is 0 Å². The lowest BCUT2D eigenvalue weighted by atomic mass is 10.1. The predicted octanol–water partition coefficient (Wildman–Crippen LogP) is 2.06. The van der Waals surface area contributed by atoms with Crippen molar-refractivity contribution in [1.82, 2.24) is 5.32 Å². The first-order valence-corrected chi connectivity index (χ1v) is 7.04. The van der Waals surface area contributed by atoms with Crippen LogP contribution < -0.4 is 5.32 Å². The molecule has 0 saturated heterocycles. The topological polar surface area (TPSA) is 78.8 Å². The van der Waals surface area contributed by atoms with E-state index in [1.54, 1.807) is 26.8 Å². The summed E-state index contributed by atoms with van der Waals surface area (Å²) in [7, 11) is 0.